The van der Waals surface area contributed by atoms with Crippen LogP contribution in [0, 0.1) is 0 Å². The van der Waals surface area contributed by atoms with Crippen LogP contribution in [0.3, 0.4) is 0 Å². The lowest BCUT2D eigenvalue weighted by Crippen LogP contribution is -2.51. The van der Waals surface area contributed by atoms with Crippen molar-refractivity contribution in [1.29, 1.82) is 0 Å². The predicted molar refractivity (Wildman–Crippen MR) is 266 cm³/mol. The molecule has 4 heterocycles. The molecular weight excluding hydrogens is 869 g/mol. The zero-order valence-corrected chi connectivity index (χ0v) is 37.7. The number of hydrogen-bond donors (Lipinski definition) is 5. The second-order valence-corrected chi connectivity index (χ2v) is 17.8. The molecule has 69 heavy (non-hydrogen) atoms. The van der Waals surface area contributed by atoms with Gasteiger partial charge in [-0.25, -0.2) is 14.8 Å². The predicted octanol–water partition coefficient (Wildman–Crippen LogP) is 8.03. The highest BCUT2D eigenvalue weighted by molar-refractivity contribution is 6.01. The number of amides is 3. The van der Waals surface area contributed by atoms with Gasteiger partial charge in [0.25, 0.3) is 11.1 Å². The highest BCUT2D eigenvalue weighted by atomic mass is 16.6. The van der Waals surface area contributed by atoms with E-state index in [0.29, 0.717) is 59.1 Å². The van der Waals surface area contributed by atoms with Gasteiger partial charge in [0.2, 0.25) is 11.8 Å². The molecule has 2 fully saturated rings. The van der Waals surface area contributed by atoms with Gasteiger partial charge < -0.3 is 35.6 Å². The number of aromatic amines is 2. The number of ether oxygens (including phenoxy) is 1. The number of H-pyrrole nitrogens is 2. The lowest BCUT2D eigenvalue weighted by molar-refractivity contribution is -0.123. The molecule has 3 amide bonds. The smallest absolute Gasteiger partial charge is 0.409 e. The van der Waals surface area contributed by atoms with E-state index in [0.717, 1.165) is 37.1 Å². The van der Waals surface area contributed by atoms with Crippen LogP contribution in [0.15, 0.2) is 168 Å². The van der Waals surface area contributed by atoms with Crippen LogP contribution in [0.1, 0.15) is 53.9 Å². The summed E-state index contributed by atoms with van der Waals surface area (Å²) >= 11 is 0. The maximum Gasteiger partial charge on any atom is 0.409 e. The number of carbonyl (C=O) groups is 3. The molecule has 0 unspecified atom stereocenters. The van der Waals surface area contributed by atoms with Crippen molar-refractivity contribution < 1.29 is 19.1 Å². The quantitative estimate of drug-likeness (QED) is 0.100. The first-order valence-corrected chi connectivity index (χ1v) is 23.2. The standard InChI is InChI=1S/C35H30N4O4.C20H20N4O2/c40-32-29-15-14-24(20-31(29)36-22-37-32)38-33(41)35(23-8-2-1-3-9-23)16-18-39(19-17-35)34(42)43-21-30-27-12-6-4-10-25(27)26-11-5-7-13-28(26)30;25-18-16-7-6-15(12-17(16)22-13-23-18)24-19(26)20(8-10-21-11-9-20)14-4-2-1-3-5-14/h1-15,20,22,30H,16-19,21H2,(H,38,41)(H,36,37,40);1-7,12-13,21H,8-11H2,(H,24,26)(H,22,23,25). The van der Waals surface area contributed by atoms with Gasteiger partial charge in [-0.3, -0.25) is 19.2 Å². The summed E-state index contributed by atoms with van der Waals surface area (Å²) in [5.74, 6) is -0.188. The van der Waals surface area contributed by atoms with Crippen LogP contribution in [0.2, 0.25) is 0 Å². The third-order valence-corrected chi connectivity index (χ3v) is 14.0. The molecule has 0 radical (unpaired) electrons. The summed E-state index contributed by atoms with van der Waals surface area (Å²) in [7, 11) is 0. The number of nitrogens with zero attached hydrogens (tertiary/aromatic N) is 3. The number of aromatic nitrogens is 4. The van der Waals surface area contributed by atoms with E-state index in [4.69, 9.17) is 4.74 Å². The fraction of sp³-hybridized carbons (Fsp3) is 0.218. The molecular formula is C55H50N8O6. The number of benzene rings is 6. The van der Waals surface area contributed by atoms with Crippen LogP contribution < -0.4 is 27.1 Å². The van der Waals surface area contributed by atoms with Gasteiger partial charge in [0.15, 0.2) is 0 Å². The Kier molecular flexibility index (Phi) is 12.4. The number of fused-ring (bicyclic) bond motifs is 5. The van der Waals surface area contributed by atoms with E-state index in [1.165, 1.54) is 34.9 Å². The summed E-state index contributed by atoms with van der Waals surface area (Å²) in [6, 6.07) is 46.4. The highest BCUT2D eigenvalue weighted by Crippen LogP contribution is 2.45. The van der Waals surface area contributed by atoms with Gasteiger partial charge in [0.1, 0.15) is 6.61 Å². The summed E-state index contributed by atoms with van der Waals surface area (Å²) in [6.07, 6.45) is 4.73. The molecule has 14 heteroatoms. The Bertz CT molecular complexity index is 3260. The van der Waals surface area contributed by atoms with Crippen molar-refractivity contribution in [3.63, 3.8) is 0 Å². The average molecular weight is 919 g/mol. The molecule has 3 aliphatic rings. The Balaban J connectivity index is 0.000000181. The molecule has 0 saturated carbocycles. The van der Waals surface area contributed by atoms with Crippen LogP contribution in [0.25, 0.3) is 32.9 Å². The van der Waals surface area contributed by atoms with Crippen molar-refractivity contribution in [2.24, 2.45) is 0 Å². The fourth-order valence-corrected chi connectivity index (χ4v) is 10.2. The highest BCUT2D eigenvalue weighted by Gasteiger charge is 2.45. The molecule has 2 saturated heterocycles. The van der Waals surface area contributed by atoms with Gasteiger partial charge in [0, 0.05) is 30.4 Å². The fourth-order valence-electron chi connectivity index (χ4n) is 10.2. The van der Waals surface area contributed by atoms with Gasteiger partial charge in [-0.1, -0.05) is 109 Å². The van der Waals surface area contributed by atoms with Gasteiger partial charge in [-0.2, -0.15) is 0 Å². The maximum atomic E-state index is 14.0. The molecule has 346 valence electrons. The summed E-state index contributed by atoms with van der Waals surface area (Å²) in [6.45, 7) is 2.63. The number of likely N-dealkylation sites (tertiary alicyclic amines) is 1. The van der Waals surface area contributed by atoms with Gasteiger partial charge >= 0.3 is 6.09 Å². The number of hydrogen-bond acceptors (Lipinski definition) is 9. The summed E-state index contributed by atoms with van der Waals surface area (Å²) in [5.41, 5.74) is 7.10. The van der Waals surface area contributed by atoms with Crippen molar-refractivity contribution in [1.82, 2.24) is 30.2 Å². The summed E-state index contributed by atoms with van der Waals surface area (Å²) in [4.78, 5) is 79.7. The van der Waals surface area contributed by atoms with Crippen molar-refractivity contribution in [2.45, 2.75) is 42.4 Å². The molecule has 14 nitrogen and oxygen atoms in total. The first-order chi connectivity index (χ1) is 33.7. The van der Waals surface area contributed by atoms with Crippen LogP contribution >= 0.6 is 0 Å². The topological polar surface area (TPSA) is 191 Å². The molecule has 2 aliphatic heterocycles. The molecule has 0 atom stereocenters. The van der Waals surface area contributed by atoms with Crippen LogP contribution in [-0.4, -0.2) is 75.5 Å². The van der Waals surface area contributed by atoms with Crippen molar-refractivity contribution in [3.8, 4) is 11.1 Å². The second kappa shape index (κ2) is 19.2. The monoisotopic (exact) mass is 918 g/mol. The minimum Gasteiger partial charge on any atom is -0.448 e. The SMILES string of the molecule is O=C(Nc1ccc2c(=O)[nH]cnc2c1)C1(c2ccccc2)CCNCC1.O=C(OCC1c2ccccc2-c2ccccc21)N1CCC(C(=O)Nc2ccc3c(=O)[nH]cnc3c2)(c2ccccc2)CC1. The van der Waals surface area contributed by atoms with E-state index in [1.54, 1.807) is 41.3 Å². The normalized spacial score (nSPS) is 15.8. The Labute approximate surface area is 397 Å². The van der Waals surface area contributed by atoms with Crippen LogP contribution in [0.5, 0.6) is 0 Å². The molecule has 11 rings (SSSR count). The largest absolute Gasteiger partial charge is 0.448 e. The second-order valence-electron chi connectivity index (χ2n) is 17.8. The minimum atomic E-state index is -0.835. The van der Waals surface area contributed by atoms with Crippen molar-refractivity contribution in [2.75, 3.05) is 43.4 Å². The zero-order chi connectivity index (χ0) is 47.4. The van der Waals surface area contributed by atoms with Gasteiger partial charge in [-0.05, 0) is 109 Å². The Morgan fingerprint density at radius 2 is 1.03 bits per heavy atom. The molecule has 0 spiro atoms. The number of piperidine rings is 2. The van der Waals surface area contributed by atoms with Crippen molar-refractivity contribution >= 4 is 51.1 Å². The lowest BCUT2D eigenvalue weighted by Gasteiger charge is -2.40. The van der Waals surface area contributed by atoms with Crippen LogP contribution in [-0.2, 0) is 25.2 Å². The molecule has 1 aliphatic carbocycles. The number of rotatable bonds is 8. The number of carbonyl (C=O) groups excluding carboxylic acids is 3. The van der Waals surface area contributed by atoms with E-state index in [1.807, 2.05) is 84.9 Å². The van der Waals surface area contributed by atoms with E-state index in [9.17, 15) is 24.0 Å². The summed E-state index contributed by atoms with van der Waals surface area (Å²) < 4.78 is 5.91. The van der Waals surface area contributed by atoms with E-state index < -0.39 is 10.8 Å². The van der Waals surface area contributed by atoms with E-state index in [-0.39, 0.29) is 41.6 Å². The Hall–Kier alpha value is -8.23. The van der Waals surface area contributed by atoms with E-state index in [2.05, 4.69) is 60.2 Å². The third kappa shape index (κ3) is 8.78. The van der Waals surface area contributed by atoms with Crippen LogP contribution in [0.4, 0.5) is 16.2 Å². The number of anilines is 2. The first-order valence-electron chi connectivity index (χ1n) is 23.2. The molecule has 5 N–H and O–H groups in total. The molecule has 8 aromatic rings. The summed E-state index contributed by atoms with van der Waals surface area (Å²) in [5, 5.41) is 10.4. The van der Waals surface area contributed by atoms with Gasteiger partial charge in [0.05, 0.1) is 45.3 Å². The minimum absolute atomic E-state index is 0.0117. The lowest BCUT2D eigenvalue weighted by atomic mass is 9.72. The molecule has 2 aromatic heterocycles. The first kappa shape index (κ1) is 44.6. The van der Waals surface area contributed by atoms with Gasteiger partial charge in [-0.15, -0.1) is 0 Å². The molecule has 0 bridgehead atoms. The third-order valence-electron chi connectivity index (χ3n) is 14.0. The average Bonchev–Trinajstić information content (AvgIpc) is 3.72. The Morgan fingerprint density at radius 3 is 1.52 bits per heavy atom. The Morgan fingerprint density at radius 1 is 0.580 bits per heavy atom. The molecule has 6 aromatic carbocycles. The van der Waals surface area contributed by atoms with Crippen molar-refractivity contribution in [3.05, 3.63) is 201 Å². The zero-order valence-electron chi connectivity index (χ0n) is 37.7. The maximum absolute atomic E-state index is 14.0. The van der Waals surface area contributed by atoms with E-state index >= 15 is 0 Å². The number of nitrogens with one attached hydrogen (secondary N) is 5.